The molecule has 138 valence electrons. The Kier molecular flexibility index (Phi) is 5.60. The van der Waals surface area contributed by atoms with Gasteiger partial charge in [0.15, 0.2) is 0 Å². The number of halogens is 3. The van der Waals surface area contributed by atoms with Crippen molar-refractivity contribution in [3.05, 3.63) is 63.7 Å². The SMILES string of the molecule is CS(=O)c1ccc(C(=O)NNc2ccc(C(F)(F)F)cc2[N+](=O)[O-])cc1. The Bertz CT molecular complexity index is 869. The van der Waals surface area contributed by atoms with Crippen molar-refractivity contribution in [2.24, 2.45) is 0 Å². The molecule has 2 aromatic carbocycles. The maximum atomic E-state index is 12.7. The molecular weight excluding hydrogens is 375 g/mol. The van der Waals surface area contributed by atoms with Gasteiger partial charge in [0.1, 0.15) is 5.69 Å². The summed E-state index contributed by atoms with van der Waals surface area (Å²) in [7, 11) is -1.22. The molecular formula is C15H12F3N3O4S. The molecule has 11 heteroatoms. The molecule has 1 unspecified atom stereocenters. The average molecular weight is 387 g/mol. The summed E-state index contributed by atoms with van der Waals surface area (Å²) >= 11 is 0. The summed E-state index contributed by atoms with van der Waals surface area (Å²) in [6, 6.07) is 7.64. The number of carbonyl (C=O) groups is 1. The number of hydrogen-bond acceptors (Lipinski definition) is 5. The average Bonchev–Trinajstić information content (AvgIpc) is 2.58. The number of hydrogen-bond donors (Lipinski definition) is 2. The Morgan fingerprint density at radius 1 is 1.15 bits per heavy atom. The molecule has 0 saturated carbocycles. The lowest BCUT2D eigenvalue weighted by Crippen LogP contribution is -2.29. The second-order valence-electron chi connectivity index (χ2n) is 5.04. The normalized spacial score (nSPS) is 12.3. The van der Waals surface area contributed by atoms with Gasteiger partial charge < -0.3 is 0 Å². The molecule has 0 aromatic heterocycles. The fourth-order valence-electron chi connectivity index (χ4n) is 1.96. The molecule has 0 saturated heterocycles. The summed E-state index contributed by atoms with van der Waals surface area (Å²) in [6.45, 7) is 0. The quantitative estimate of drug-likeness (QED) is 0.606. The van der Waals surface area contributed by atoms with Crippen LogP contribution in [0.3, 0.4) is 0 Å². The summed E-state index contributed by atoms with van der Waals surface area (Å²) in [6.07, 6.45) is -3.26. The number of carbonyl (C=O) groups excluding carboxylic acids is 1. The minimum absolute atomic E-state index is 0.168. The van der Waals surface area contributed by atoms with Crippen LogP contribution in [0.4, 0.5) is 24.5 Å². The van der Waals surface area contributed by atoms with Crippen molar-refractivity contribution in [1.29, 1.82) is 0 Å². The number of hydrazine groups is 1. The number of nitrogens with one attached hydrogen (secondary N) is 2. The molecule has 2 aromatic rings. The maximum absolute atomic E-state index is 12.7. The molecule has 0 bridgehead atoms. The first kappa shape index (κ1) is 19.4. The van der Waals surface area contributed by atoms with Gasteiger partial charge in [-0.15, -0.1) is 0 Å². The van der Waals surface area contributed by atoms with Crippen molar-refractivity contribution in [2.75, 3.05) is 11.7 Å². The monoisotopic (exact) mass is 387 g/mol. The predicted molar refractivity (Wildman–Crippen MR) is 88.0 cm³/mol. The molecule has 1 atom stereocenters. The molecule has 2 rings (SSSR count). The third kappa shape index (κ3) is 4.57. The fourth-order valence-corrected chi connectivity index (χ4v) is 2.48. The van der Waals surface area contributed by atoms with E-state index in [0.29, 0.717) is 17.0 Å². The molecule has 0 aliphatic heterocycles. The van der Waals surface area contributed by atoms with Gasteiger partial charge in [-0.25, -0.2) is 0 Å². The first-order chi connectivity index (χ1) is 12.1. The van der Waals surface area contributed by atoms with Crippen molar-refractivity contribution < 1.29 is 27.1 Å². The van der Waals surface area contributed by atoms with Crippen LogP contribution >= 0.6 is 0 Å². The van der Waals surface area contributed by atoms with Crippen molar-refractivity contribution in [1.82, 2.24) is 5.43 Å². The summed E-state index contributed by atoms with van der Waals surface area (Å²) < 4.78 is 49.3. The second-order valence-corrected chi connectivity index (χ2v) is 6.42. The number of rotatable bonds is 5. The summed E-state index contributed by atoms with van der Waals surface area (Å²) in [4.78, 5) is 22.5. The van der Waals surface area contributed by atoms with Gasteiger partial charge in [0.2, 0.25) is 0 Å². The minimum atomic E-state index is -4.73. The Morgan fingerprint density at radius 3 is 2.27 bits per heavy atom. The molecule has 0 heterocycles. The predicted octanol–water partition coefficient (Wildman–Crippen LogP) is 3.11. The molecule has 2 N–H and O–H groups in total. The third-order valence-electron chi connectivity index (χ3n) is 3.28. The molecule has 7 nitrogen and oxygen atoms in total. The van der Waals surface area contributed by atoms with Crippen LogP contribution in [0.1, 0.15) is 15.9 Å². The first-order valence-corrected chi connectivity index (χ1v) is 8.51. The highest BCUT2D eigenvalue weighted by molar-refractivity contribution is 7.84. The summed E-state index contributed by atoms with van der Waals surface area (Å²) in [5.41, 5.74) is 2.26. The van der Waals surface area contributed by atoms with E-state index < -0.39 is 39.1 Å². The van der Waals surface area contributed by atoms with E-state index in [1.165, 1.54) is 30.5 Å². The van der Waals surface area contributed by atoms with Gasteiger partial charge in [-0.3, -0.25) is 30.0 Å². The highest BCUT2D eigenvalue weighted by Gasteiger charge is 2.33. The maximum Gasteiger partial charge on any atom is 0.416 e. The highest BCUT2D eigenvalue weighted by atomic mass is 32.2. The number of nitro benzene ring substituents is 1. The van der Waals surface area contributed by atoms with Crippen LogP contribution in [0.2, 0.25) is 0 Å². The number of amides is 1. The Labute approximate surface area is 147 Å². The van der Waals surface area contributed by atoms with Crippen LogP contribution in [-0.4, -0.2) is 21.3 Å². The lowest BCUT2D eigenvalue weighted by atomic mass is 10.1. The summed E-state index contributed by atoms with van der Waals surface area (Å²) in [5.74, 6) is -0.673. The molecule has 0 radical (unpaired) electrons. The number of anilines is 1. The Morgan fingerprint density at radius 2 is 1.77 bits per heavy atom. The standard InChI is InChI=1S/C15H12F3N3O4S/c1-26(25)11-5-2-9(3-6-11)14(22)20-19-12-7-4-10(15(16,17)18)8-13(12)21(23)24/h2-8,19H,1H3,(H,20,22). The lowest BCUT2D eigenvalue weighted by Gasteiger charge is -2.11. The molecule has 0 aliphatic carbocycles. The van der Waals surface area contributed by atoms with Crippen LogP contribution in [0, 0.1) is 10.1 Å². The van der Waals surface area contributed by atoms with E-state index in [0.717, 1.165) is 6.07 Å². The Balaban J connectivity index is 2.16. The van der Waals surface area contributed by atoms with Gasteiger partial charge in [-0.1, -0.05) is 0 Å². The third-order valence-corrected chi connectivity index (χ3v) is 4.22. The van der Waals surface area contributed by atoms with Gasteiger partial charge in [0.25, 0.3) is 11.6 Å². The van der Waals surface area contributed by atoms with Crippen LogP contribution in [0.5, 0.6) is 0 Å². The van der Waals surface area contributed by atoms with Crippen LogP contribution in [0.25, 0.3) is 0 Å². The van der Waals surface area contributed by atoms with Crippen molar-refractivity contribution >= 4 is 28.1 Å². The van der Waals surface area contributed by atoms with E-state index >= 15 is 0 Å². The minimum Gasteiger partial charge on any atom is -0.292 e. The zero-order valence-electron chi connectivity index (χ0n) is 13.2. The van der Waals surface area contributed by atoms with Crippen molar-refractivity contribution in [3.8, 4) is 0 Å². The summed E-state index contributed by atoms with van der Waals surface area (Å²) in [5, 5.41) is 11.0. The van der Waals surface area contributed by atoms with E-state index in [-0.39, 0.29) is 11.3 Å². The van der Waals surface area contributed by atoms with Crippen LogP contribution in [0.15, 0.2) is 47.4 Å². The highest BCUT2D eigenvalue weighted by Crippen LogP contribution is 2.34. The zero-order chi connectivity index (χ0) is 19.5. The number of nitro groups is 1. The van der Waals surface area contributed by atoms with E-state index in [1.54, 1.807) is 0 Å². The van der Waals surface area contributed by atoms with Gasteiger partial charge in [-0.2, -0.15) is 13.2 Å². The van der Waals surface area contributed by atoms with E-state index in [2.05, 4.69) is 10.9 Å². The van der Waals surface area contributed by atoms with Gasteiger partial charge >= 0.3 is 6.18 Å². The van der Waals surface area contributed by atoms with Crippen molar-refractivity contribution in [2.45, 2.75) is 11.1 Å². The molecule has 0 spiro atoms. The largest absolute Gasteiger partial charge is 0.416 e. The number of alkyl halides is 3. The van der Waals surface area contributed by atoms with E-state index in [4.69, 9.17) is 0 Å². The first-order valence-electron chi connectivity index (χ1n) is 6.95. The zero-order valence-corrected chi connectivity index (χ0v) is 14.0. The topological polar surface area (TPSA) is 101 Å². The smallest absolute Gasteiger partial charge is 0.292 e. The van der Waals surface area contributed by atoms with Gasteiger partial charge in [-0.05, 0) is 36.4 Å². The molecule has 0 fully saturated rings. The van der Waals surface area contributed by atoms with E-state index in [1.807, 2.05) is 0 Å². The second kappa shape index (κ2) is 7.52. The molecule has 26 heavy (non-hydrogen) atoms. The fraction of sp³-hybridized carbons (Fsp3) is 0.133. The lowest BCUT2D eigenvalue weighted by molar-refractivity contribution is -0.384. The Hall–Kier alpha value is -2.95. The molecule has 1 amide bonds. The van der Waals surface area contributed by atoms with Crippen molar-refractivity contribution in [3.63, 3.8) is 0 Å². The van der Waals surface area contributed by atoms with E-state index in [9.17, 15) is 32.3 Å². The van der Waals surface area contributed by atoms with Gasteiger partial charge in [0.05, 0.1) is 10.5 Å². The van der Waals surface area contributed by atoms with Crippen LogP contribution < -0.4 is 10.9 Å². The number of benzene rings is 2. The van der Waals surface area contributed by atoms with Crippen LogP contribution in [-0.2, 0) is 17.0 Å². The van der Waals surface area contributed by atoms with Gasteiger partial charge in [0, 0.05) is 33.6 Å². The number of nitrogens with zero attached hydrogens (tertiary/aromatic N) is 1. The molecule has 0 aliphatic rings.